The first kappa shape index (κ1) is 21.4. The van der Waals surface area contributed by atoms with E-state index in [0.717, 1.165) is 48.3 Å². The molecule has 2 nitrogen and oxygen atoms in total. The molecule has 4 aliphatic rings. The fourth-order valence-corrected chi connectivity index (χ4v) is 8.51. The summed E-state index contributed by atoms with van der Waals surface area (Å²) in [6, 6.07) is 0.504. The first-order valence-corrected chi connectivity index (χ1v) is 12.7. The van der Waals surface area contributed by atoms with E-state index in [1.165, 1.54) is 50.6 Å². The fraction of sp³-hybridized carbons (Fsp3) is 0.889. The molecule has 0 radical (unpaired) electrons. The Morgan fingerprint density at radius 3 is 2.55 bits per heavy atom. The summed E-state index contributed by atoms with van der Waals surface area (Å²) in [5.74, 6) is 5.33. The lowest BCUT2D eigenvalue weighted by molar-refractivity contribution is -0.118. The Bertz CT molecular complexity index is 665. The highest BCUT2D eigenvalue weighted by Gasteiger charge is 2.61. The van der Waals surface area contributed by atoms with Gasteiger partial charge in [-0.3, -0.25) is 4.79 Å². The number of carbonyl (C=O) groups excluding carboxylic acids is 1. The van der Waals surface area contributed by atoms with Gasteiger partial charge in [0.05, 0.1) is 0 Å². The van der Waals surface area contributed by atoms with Crippen LogP contribution in [0.15, 0.2) is 11.8 Å². The highest BCUT2D eigenvalue weighted by atomic mass is 16.1. The van der Waals surface area contributed by atoms with E-state index >= 15 is 0 Å². The Morgan fingerprint density at radius 1 is 1.07 bits per heavy atom. The average molecular weight is 400 g/mol. The second-order valence-electron chi connectivity index (χ2n) is 12.2. The van der Waals surface area contributed by atoms with Gasteiger partial charge in [0.1, 0.15) is 0 Å². The number of rotatable bonds is 5. The van der Waals surface area contributed by atoms with Crippen molar-refractivity contribution in [1.82, 2.24) is 5.32 Å². The molecule has 2 saturated carbocycles. The summed E-state index contributed by atoms with van der Waals surface area (Å²) in [6.07, 6.45) is 13.6. The van der Waals surface area contributed by atoms with Crippen LogP contribution in [0.25, 0.3) is 0 Å². The van der Waals surface area contributed by atoms with Crippen LogP contribution in [0.4, 0.5) is 0 Å². The summed E-state index contributed by atoms with van der Waals surface area (Å²) in [4.78, 5) is 12.1. The van der Waals surface area contributed by atoms with Gasteiger partial charge in [0.15, 0.2) is 5.78 Å². The second-order valence-corrected chi connectivity index (χ2v) is 12.2. The minimum Gasteiger partial charge on any atom is -0.385 e. The maximum absolute atomic E-state index is 12.1. The van der Waals surface area contributed by atoms with Crippen molar-refractivity contribution < 1.29 is 4.79 Å². The summed E-state index contributed by atoms with van der Waals surface area (Å²) in [5, 5.41) is 3.85. The first-order chi connectivity index (χ1) is 13.7. The van der Waals surface area contributed by atoms with Gasteiger partial charge >= 0.3 is 0 Å². The van der Waals surface area contributed by atoms with Crippen LogP contribution in [-0.4, -0.2) is 11.8 Å². The molecule has 3 fully saturated rings. The summed E-state index contributed by atoms with van der Waals surface area (Å²) in [6.45, 7) is 14.8. The van der Waals surface area contributed by atoms with Crippen LogP contribution in [0.2, 0.25) is 0 Å². The molecule has 1 saturated heterocycles. The van der Waals surface area contributed by atoms with Crippen LogP contribution in [0.5, 0.6) is 0 Å². The van der Waals surface area contributed by atoms with Gasteiger partial charge < -0.3 is 5.32 Å². The molecule has 0 aromatic heterocycles. The summed E-state index contributed by atoms with van der Waals surface area (Å²) >= 11 is 0. The van der Waals surface area contributed by atoms with Crippen molar-refractivity contribution in [2.45, 2.75) is 105 Å². The number of hydrogen-bond acceptors (Lipinski definition) is 2. The van der Waals surface area contributed by atoms with Crippen LogP contribution >= 0.6 is 0 Å². The molecule has 8 atom stereocenters. The van der Waals surface area contributed by atoms with Crippen molar-refractivity contribution in [3.05, 3.63) is 11.8 Å². The Hall–Kier alpha value is -0.790. The molecule has 1 aliphatic heterocycles. The Morgan fingerprint density at radius 2 is 1.83 bits per heavy atom. The van der Waals surface area contributed by atoms with E-state index in [0.29, 0.717) is 17.2 Å². The van der Waals surface area contributed by atoms with Crippen molar-refractivity contribution in [2.24, 2.45) is 46.3 Å². The number of piperidine rings is 1. The van der Waals surface area contributed by atoms with E-state index in [4.69, 9.17) is 0 Å². The first-order valence-electron chi connectivity index (χ1n) is 12.7. The lowest BCUT2D eigenvalue weighted by atomic mass is 9.48. The molecule has 4 unspecified atom stereocenters. The molecular formula is C27H45NO. The van der Waals surface area contributed by atoms with Crippen molar-refractivity contribution in [3.8, 4) is 0 Å². The van der Waals surface area contributed by atoms with Crippen LogP contribution in [-0.2, 0) is 4.79 Å². The predicted molar refractivity (Wildman–Crippen MR) is 121 cm³/mol. The SMILES string of the molecule is CC(C)CCCC(C)[C@@H]1CCC2C3C(CC[C@@]21C)[C@@]1(C)CCC(=O)C=C1N[C@H]3C. The third-order valence-electron chi connectivity index (χ3n) is 10.1. The summed E-state index contributed by atoms with van der Waals surface area (Å²) < 4.78 is 0. The van der Waals surface area contributed by atoms with E-state index in [1.54, 1.807) is 0 Å². The van der Waals surface area contributed by atoms with Gasteiger partial charge in [-0.15, -0.1) is 0 Å². The molecule has 0 bridgehead atoms. The smallest absolute Gasteiger partial charge is 0.157 e. The molecule has 29 heavy (non-hydrogen) atoms. The molecule has 0 spiro atoms. The van der Waals surface area contributed by atoms with Gasteiger partial charge in [-0.2, -0.15) is 0 Å². The standard InChI is InChI=1S/C27H45NO/c1-17(2)8-7-9-18(3)21-10-11-22-25-19(4)28-24-16-20(29)12-14-27(24,6)23(25)13-15-26(21,22)5/h16-19,21-23,25,28H,7-15H2,1-6H3/t18?,19-,21-,22?,23?,25?,26+,27+/m0/s1. The molecule has 1 N–H and O–H groups in total. The summed E-state index contributed by atoms with van der Waals surface area (Å²) in [5.41, 5.74) is 1.99. The van der Waals surface area contributed by atoms with Crippen LogP contribution in [0, 0.1) is 46.3 Å². The van der Waals surface area contributed by atoms with Crippen molar-refractivity contribution >= 4 is 5.78 Å². The third-order valence-corrected chi connectivity index (χ3v) is 10.1. The van der Waals surface area contributed by atoms with Crippen molar-refractivity contribution in [2.75, 3.05) is 0 Å². The number of allylic oxidation sites excluding steroid dienone is 2. The molecule has 2 heteroatoms. The van der Waals surface area contributed by atoms with Gasteiger partial charge in [0.25, 0.3) is 0 Å². The number of ketones is 1. The maximum Gasteiger partial charge on any atom is 0.157 e. The molecule has 0 aromatic rings. The monoisotopic (exact) mass is 399 g/mol. The Balaban J connectivity index is 1.54. The number of nitrogens with one attached hydrogen (secondary N) is 1. The van der Waals surface area contributed by atoms with E-state index in [1.807, 2.05) is 6.08 Å². The van der Waals surface area contributed by atoms with Crippen molar-refractivity contribution in [1.29, 1.82) is 0 Å². The molecule has 3 aliphatic carbocycles. The van der Waals surface area contributed by atoms with Crippen molar-refractivity contribution in [3.63, 3.8) is 0 Å². The molecule has 0 aromatic carbocycles. The van der Waals surface area contributed by atoms with Gasteiger partial charge in [0.2, 0.25) is 0 Å². The van der Waals surface area contributed by atoms with E-state index < -0.39 is 0 Å². The number of hydrogen-bond donors (Lipinski definition) is 1. The molecular weight excluding hydrogens is 354 g/mol. The Kier molecular flexibility index (Phi) is 5.71. The van der Waals surface area contributed by atoms with Crippen LogP contribution in [0.3, 0.4) is 0 Å². The Labute approximate surface area is 179 Å². The fourth-order valence-electron chi connectivity index (χ4n) is 8.51. The molecule has 1 heterocycles. The lowest BCUT2D eigenvalue weighted by Gasteiger charge is -2.60. The maximum atomic E-state index is 12.1. The van der Waals surface area contributed by atoms with E-state index in [2.05, 4.69) is 46.9 Å². The van der Waals surface area contributed by atoms with Gasteiger partial charge in [0, 0.05) is 29.7 Å². The normalized spacial score (nSPS) is 45.1. The van der Waals surface area contributed by atoms with Gasteiger partial charge in [-0.25, -0.2) is 0 Å². The zero-order chi connectivity index (χ0) is 21.0. The quantitative estimate of drug-likeness (QED) is 0.554. The third kappa shape index (κ3) is 3.51. The zero-order valence-corrected chi connectivity index (χ0v) is 19.9. The predicted octanol–water partition coefficient (Wildman–Crippen LogP) is 6.75. The molecule has 4 rings (SSSR count). The van der Waals surface area contributed by atoms with Gasteiger partial charge in [-0.05, 0) is 80.0 Å². The molecule has 0 amide bonds. The van der Waals surface area contributed by atoms with Gasteiger partial charge in [-0.1, -0.05) is 53.9 Å². The largest absolute Gasteiger partial charge is 0.385 e. The lowest BCUT2D eigenvalue weighted by Crippen LogP contribution is -2.60. The highest BCUT2D eigenvalue weighted by molar-refractivity contribution is 5.91. The molecule has 164 valence electrons. The number of carbonyl (C=O) groups is 1. The van der Waals surface area contributed by atoms with Crippen LogP contribution in [0.1, 0.15) is 99.3 Å². The van der Waals surface area contributed by atoms with E-state index in [-0.39, 0.29) is 5.41 Å². The van der Waals surface area contributed by atoms with E-state index in [9.17, 15) is 4.79 Å². The summed E-state index contributed by atoms with van der Waals surface area (Å²) in [7, 11) is 0. The zero-order valence-electron chi connectivity index (χ0n) is 19.9. The minimum atomic E-state index is 0.202. The topological polar surface area (TPSA) is 29.1 Å². The minimum absolute atomic E-state index is 0.202. The highest BCUT2D eigenvalue weighted by Crippen LogP contribution is 2.66. The van der Waals surface area contributed by atoms with Crippen LogP contribution < -0.4 is 5.32 Å². The second kappa shape index (κ2) is 7.72. The average Bonchev–Trinajstić information content (AvgIpc) is 3.00. The number of fused-ring (bicyclic) bond motifs is 5.